The van der Waals surface area contributed by atoms with E-state index in [0.29, 0.717) is 17.7 Å². The summed E-state index contributed by atoms with van der Waals surface area (Å²) in [5, 5.41) is 0. The lowest BCUT2D eigenvalue weighted by atomic mass is 9.92. The second kappa shape index (κ2) is 5.80. The highest BCUT2D eigenvalue weighted by Gasteiger charge is 2.46. The van der Waals surface area contributed by atoms with Crippen LogP contribution in [0.15, 0.2) is 24.3 Å². The first kappa shape index (κ1) is 14.6. The quantitative estimate of drug-likeness (QED) is 0.928. The van der Waals surface area contributed by atoms with E-state index < -0.39 is 0 Å². The average Bonchev–Trinajstić information content (AvgIpc) is 3.27. The Labute approximate surface area is 127 Å². The highest BCUT2D eigenvalue weighted by molar-refractivity contribution is 5.83. The lowest BCUT2D eigenvalue weighted by Gasteiger charge is -2.35. The zero-order valence-corrected chi connectivity index (χ0v) is 13.1. The van der Waals surface area contributed by atoms with Crippen LogP contribution in [0.4, 0.5) is 0 Å². The maximum Gasteiger partial charge on any atom is 0.226 e. The maximum absolute atomic E-state index is 12.7. The van der Waals surface area contributed by atoms with Gasteiger partial charge >= 0.3 is 0 Å². The van der Waals surface area contributed by atoms with Crippen molar-refractivity contribution in [3.63, 3.8) is 0 Å². The second-order valence-electron chi connectivity index (χ2n) is 6.85. The van der Waals surface area contributed by atoms with Crippen molar-refractivity contribution in [1.82, 2.24) is 4.90 Å². The normalized spacial score (nSPS) is 30.0. The number of carbonyl (C=O) groups excluding carboxylic acids is 1. The van der Waals surface area contributed by atoms with E-state index in [1.807, 2.05) is 0 Å². The highest BCUT2D eigenvalue weighted by atomic mass is 16.2. The second-order valence-corrected chi connectivity index (χ2v) is 6.85. The Morgan fingerprint density at radius 1 is 1.38 bits per heavy atom. The smallest absolute Gasteiger partial charge is 0.226 e. The third-order valence-electron chi connectivity index (χ3n) is 5.21. The number of piperidine rings is 1. The van der Waals surface area contributed by atoms with Gasteiger partial charge in [-0.3, -0.25) is 4.79 Å². The molecule has 114 valence electrons. The number of hydrogen-bond acceptors (Lipinski definition) is 2. The molecule has 21 heavy (non-hydrogen) atoms. The van der Waals surface area contributed by atoms with Crippen LogP contribution in [0, 0.1) is 18.8 Å². The number of nitrogens with zero attached hydrogens (tertiary/aromatic N) is 1. The van der Waals surface area contributed by atoms with Gasteiger partial charge in [0, 0.05) is 25.0 Å². The van der Waals surface area contributed by atoms with Gasteiger partial charge in [0.2, 0.25) is 5.91 Å². The van der Waals surface area contributed by atoms with Crippen LogP contribution in [0.3, 0.4) is 0 Å². The molecule has 0 unspecified atom stereocenters. The molecule has 2 aliphatic rings. The summed E-state index contributed by atoms with van der Waals surface area (Å²) in [6, 6.07) is 8.65. The van der Waals surface area contributed by atoms with Gasteiger partial charge in [-0.2, -0.15) is 0 Å². The van der Waals surface area contributed by atoms with Gasteiger partial charge in [-0.25, -0.2) is 0 Å². The van der Waals surface area contributed by atoms with E-state index in [4.69, 9.17) is 5.73 Å². The van der Waals surface area contributed by atoms with Crippen LogP contribution >= 0.6 is 0 Å². The van der Waals surface area contributed by atoms with Crippen molar-refractivity contribution in [3.05, 3.63) is 35.4 Å². The summed E-state index contributed by atoms with van der Waals surface area (Å²) in [6.45, 7) is 5.97. The number of rotatable bonds is 3. The summed E-state index contributed by atoms with van der Waals surface area (Å²) in [5.74, 6) is 1.47. The molecule has 3 nitrogen and oxygen atoms in total. The van der Waals surface area contributed by atoms with Gasteiger partial charge in [-0.15, -0.1) is 0 Å². The molecule has 1 aromatic rings. The molecule has 1 saturated carbocycles. The standard InChI is InChI=1S/C18H26N2O/c1-12-6-3-4-8-15(12)16-10-17(16)18(21)20-9-5-7-14(11-20)13(2)19/h3-4,6,8,13-14,16-17H,5,7,9-11,19H2,1-2H3/t13-,14-,16-,17-/m0/s1. The summed E-state index contributed by atoms with van der Waals surface area (Å²) in [6.07, 6.45) is 3.27. The first-order valence-electron chi connectivity index (χ1n) is 8.18. The number of amides is 1. The van der Waals surface area contributed by atoms with Crippen molar-refractivity contribution in [2.24, 2.45) is 17.6 Å². The molecule has 0 radical (unpaired) electrons. The van der Waals surface area contributed by atoms with Gasteiger partial charge in [0.1, 0.15) is 0 Å². The number of benzene rings is 1. The molecule has 2 N–H and O–H groups in total. The van der Waals surface area contributed by atoms with Crippen molar-refractivity contribution < 1.29 is 4.79 Å². The highest BCUT2D eigenvalue weighted by Crippen LogP contribution is 2.49. The molecule has 1 amide bonds. The molecule has 1 saturated heterocycles. The van der Waals surface area contributed by atoms with E-state index in [1.165, 1.54) is 11.1 Å². The Bertz CT molecular complexity index is 526. The molecule has 3 rings (SSSR count). The Morgan fingerprint density at radius 2 is 2.14 bits per heavy atom. The molecule has 0 spiro atoms. The number of hydrogen-bond donors (Lipinski definition) is 1. The molecule has 1 heterocycles. The van der Waals surface area contributed by atoms with Crippen LogP contribution in [0.25, 0.3) is 0 Å². The first-order valence-corrected chi connectivity index (χ1v) is 8.18. The number of likely N-dealkylation sites (tertiary alicyclic amines) is 1. The van der Waals surface area contributed by atoms with Gasteiger partial charge in [-0.05, 0) is 56.1 Å². The summed E-state index contributed by atoms with van der Waals surface area (Å²) in [4.78, 5) is 14.8. The molecule has 3 heteroatoms. The van der Waals surface area contributed by atoms with Gasteiger partial charge < -0.3 is 10.6 Å². The third kappa shape index (κ3) is 2.98. The van der Waals surface area contributed by atoms with E-state index in [9.17, 15) is 4.79 Å². The van der Waals surface area contributed by atoms with Crippen molar-refractivity contribution in [3.8, 4) is 0 Å². The van der Waals surface area contributed by atoms with E-state index in [-0.39, 0.29) is 12.0 Å². The minimum absolute atomic E-state index is 0.187. The molecule has 2 fully saturated rings. The van der Waals surface area contributed by atoms with Crippen molar-refractivity contribution in [1.29, 1.82) is 0 Å². The Hall–Kier alpha value is -1.35. The Morgan fingerprint density at radius 3 is 2.86 bits per heavy atom. The fourth-order valence-corrected chi connectivity index (χ4v) is 3.69. The predicted molar refractivity (Wildman–Crippen MR) is 85.0 cm³/mol. The zero-order chi connectivity index (χ0) is 15.0. The van der Waals surface area contributed by atoms with Crippen LogP contribution in [0.1, 0.15) is 43.2 Å². The van der Waals surface area contributed by atoms with Crippen molar-refractivity contribution in [2.45, 2.75) is 45.1 Å². The lowest BCUT2D eigenvalue weighted by Crippen LogP contribution is -2.45. The Kier molecular flexibility index (Phi) is 4.03. The predicted octanol–water partition coefficient (Wildman–Crippen LogP) is 2.68. The largest absolute Gasteiger partial charge is 0.342 e. The summed E-state index contributed by atoms with van der Waals surface area (Å²) in [5.41, 5.74) is 8.69. The maximum atomic E-state index is 12.7. The molecule has 1 aromatic carbocycles. The summed E-state index contributed by atoms with van der Waals surface area (Å²) >= 11 is 0. The average molecular weight is 286 g/mol. The van der Waals surface area contributed by atoms with Crippen LogP contribution in [-0.4, -0.2) is 29.9 Å². The fourth-order valence-electron chi connectivity index (χ4n) is 3.69. The molecular weight excluding hydrogens is 260 g/mol. The van der Waals surface area contributed by atoms with Crippen LogP contribution in [0.5, 0.6) is 0 Å². The van der Waals surface area contributed by atoms with E-state index in [2.05, 4.69) is 43.0 Å². The van der Waals surface area contributed by atoms with Gasteiger partial charge in [0.05, 0.1) is 0 Å². The summed E-state index contributed by atoms with van der Waals surface area (Å²) < 4.78 is 0. The lowest BCUT2D eigenvalue weighted by molar-refractivity contribution is -0.134. The number of aryl methyl sites for hydroxylation is 1. The van der Waals surface area contributed by atoms with Crippen LogP contribution in [0.2, 0.25) is 0 Å². The van der Waals surface area contributed by atoms with E-state index in [0.717, 1.165) is 32.4 Å². The Balaban J connectivity index is 1.64. The number of nitrogens with two attached hydrogens (primary N) is 1. The minimum atomic E-state index is 0.187. The van der Waals surface area contributed by atoms with Gasteiger partial charge in [-0.1, -0.05) is 24.3 Å². The van der Waals surface area contributed by atoms with E-state index in [1.54, 1.807) is 0 Å². The van der Waals surface area contributed by atoms with Gasteiger partial charge in [0.25, 0.3) is 0 Å². The van der Waals surface area contributed by atoms with Gasteiger partial charge in [0.15, 0.2) is 0 Å². The van der Waals surface area contributed by atoms with Crippen molar-refractivity contribution >= 4 is 5.91 Å². The topological polar surface area (TPSA) is 46.3 Å². The molecule has 4 atom stereocenters. The van der Waals surface area contributed by atoms with Crippen molar-refractivity contribution in [2.75, 3.05) is 13.1 Å². The fraction of sp³-hybridized carbons (Fsp3) is 0.611. The van der Waals surface area contributed by atoms with E-state index >= 15 is 0 Å². The molecule has 0 aromatic heterocycles. The van der Waals surface area contributed by atoms with Crippen LogP contribution in [-0.2, 0) is 4.79 Å². The SMILES string of the molecule is Cc1ccccc1[C@@H]1C[C@@H]1C(=O)N1CCC[C@H]([C@H](C)N)C1. The molecular formula is C18H26N2O. The van der Waals surface area contributed by atoms with Crippen LogP contribution < -0.4 is 5.73 Å². The molecule has 1 aliphatic heterocycles. The zero-order valence-electron chi connectivity index (χ0n) is 13.1. The minimum Gasteiger partial charge on any atom is -0.342 e. The third-order valence-corrected chi connectivity index (χ3v) is 5.21. The molecule has 1 aliphatic carbocycles. The number of carbonyl (C=O) groups is 1. The monoisotopic (exact) mass is 286 g/mol. The molecule has 0 bridgehead atoms. The summed E-state index contributed by atoms with van der Waals surface area (Å²) in [7, 11) is 0. The first-order chi connectivity index (χ1) is 10.1.